The molecule has 1 fully saturated rings. The average molecular weight is 479 g/mol. The van der Waals surface area contributed by atoms with E-state index in [2.05, 4.69) is 33.2 Å². The molecule has 2 aliphatic rings. The molecule has 33 heavy (non-hydrogen) atoms. The number of aromatic nitrogens is 2. The summed E-state index contributed by atoms with van der Waals surface area (Å²) < 4.78 is 28.2. The highest BCUT2D eigenvalue weighted by Gasteiger charge is 2.28. The maximum Gasteiger partial charge on any atom is 0.320 e. The predicted molar refractivity (Wildman–Crippen MR) is 130 cm³/mol. The summed E-state index contributed by atoms with van der Waals surface area (Å²) in [5.41, 5.74) is 8.82. The second-order valence-electron chi connectivity index (χ2n) is 8.48. The van der Waals surface area contributed by atoms with E-state index < -0.39 is 9.84 Å². The molecule has 2 aliphatic heterocycles. The van der Waals surface area contributed by atoms with Gasteiger partial charge in [0.2, 0.25) is 5.91 Å². The molecule has 0 saturated carbocycles. The number of carbonyl (C=O) groups excluding carboxylic acids is 1. The Morgan fingerprint density at radius 1 is 1.24 bits per heavy atom. The minimum Gasteiger partial charge on any atom is -0.462 e. The van der Waals surface area contributed by atoms with Crippen molar-refractivity contribution in [2.24, 2.45) is 0 Å². The second kappa shape index (κ2) is 11.0. The third-order valence-corrected chi connectivity index (χ3v) is 6.60. The third-order valence-electron chi connectivity index (χ3n) is 5.69. The third kappa shape index (κ3) is 7.16. The van der Waals surface area contributed by atoms with E-state index in [0.717, 1.165) is 37.9 Å². The zero-order chi connectivity index (χ0) is 24.0. The standard InChI is InChI=1S/C22H34N6O4S/c1-4-16(13-27-8-6-7-9-27)12-17(5-2)14-28-15-18(29)24-19-20(23)25-22(26-21(19)28)32-10-11-33(3,30)31/h5,12H,4,6-11,13-15H2,1-3H3,(H,24,29)(H2,23,25,26). The van der Waals surface area contributed by atoms with E-state index >= 15 is 0 Å². The smallest absolute Gasteiger partial charge is 0.320 e. The molecular formula is C22H34N6O4S. The van der Waals surface area contributed by atoms with Gasteiger partial charge in [0, 0.05) is 19.3 Å². The molecule has 0 aliphatic carbocycles. The van der Waals surface area contributed by atoms with Crippen LogP contribution in [0.25, 0.3) is 0 Å². The number of amides is 1. The van der Waals surface area contributed by atoms with Gasteiger partial charge in [0.15, 0.2) is 21.5 Å². The Balaban J connectivity index is 1.80. The largest absolute Gasteiger partial charge is 0.462 e. The normalized spacial score (nSPS) is 17.8. The van der Waals surface area contributed by atoms with E-state index in [-0.39, 0.29) is 36.6 Å². The Morgan fingerprint density at radius 2 is 1.97 bits per heavy atom. The van der Waals surface area contributed by atoms with E-state index in [9.17, 15) is 13.2 Å². The predicted octanol–water partition coefficient (Wildman–Crippen LogP) is 1.62. The molecule has 1 saturated heterocycles. The summed E-state index contributed by atoms with van der Waals surface area (Å²) in [6.07, 6.45) is 8.85. The number of hydrogen-bond acceptors (Lipinski definition) is 9. The molecule has 0 bridgehead atoms. The molecule has 11 heteroatoms. The number of rotatable bonds is 10. The number of fused-ring (bicyclic) bond motifs is 1. The summed E-state index contributed by atoms with van der Waals surface area (Å²) in [5, 5.41) is 2.73. The van der Waals surface area contributed by atoms with Crippen LogP contribution in [0.4, 0.5) is 17.3 Å². The van der Waals surface area contributed by atoms with Gasteiger partial charge in [-0.25, -0.2) is 8.42 Å². The summed E-state index contributed by atoms with van der Waals surface area (Å²) in [4.78, 5) is 25.1. The molecule has 0 spiro atoms. The number of nitrogens with zero attached hydrogens (tertiary/aromatic N) is 4. The summed E-state index contributed by atoms with van der Waals surface area (Å²) in [7, 11) is -3.18. The Morgan fingerprint density at radius 3 is 2.61 bits per heavy atom. The number of nitrogens with one attached hydrogen (secondary N) is 1. The van der Waals surface area contributed by atoms with Gasteiger partial charge < -0.3 is 20.7 Å². The van der Waals surface area contributed by atoms with E-state index in [4.69, 9.17) is 10.5 Å². The van der Waals surface area contributed by atoms with Crippen LogP contribution in [-0.2, 0) is 14.6 Å². The average Bonchev–Trinajstić information content (AvgIpc) is 3.25. The number of anilines is 3. The molecule has 10 nitrogen and oxygen atoms in total. The molecule has 0 unspecified atom stereocenters. The maximum absolute atomic E-state index is 12.3. The summed E-state index contributed by atoms with van der Waals surface area (Å²) in [5.74, 6) is 0.184. The molecule has 1 amide bonds. The lowest BCUT2D eigenvalue weighted by molar-refractivity contribution is -0.115. The molecule has 0 atom stereocenters. The van der Waals surface area contributed by atoms with Gasteiger partial charge >= 0.3 is 6.01 Å². The molecule has 0 radical (unpaired) electrons. The number of nitrogens with two attached hydrogens (primary N) is 1. The van der Waals surface area contributed by atoms with Crippen LogP contribution in [0.15, 0.2) is 23.3 Å². The first kappa shape index (κ1) is 25.0. The van der Waals surface area contributed by atoms with Crippen molar-refractivity contribution in [1.82, 2.24) is 14.9 Å². The van der Waals surface area contributed by atoms with Crippen LogP contribution in [0.3, 0.4) is 0 Å². The quantitative estimate of drug-likeness (QED) is 0.482. The summed E-state index contributed by atoms with van der Waals surface area (Å²) in [6.45, 7) is 7.88. The zero-order valence-corrected chi connectivity index (χ0v) is 20.4. The van der Waals surface area contributed by atoms with Crippen LogP contribution in [0.2, 0.25) is 0 Å². The number of sulfone groups is 1. The van der Waals surface area contributed by atoms with Gasteiger partial charge in [0.1, 0.15) is 12.3 Å². The van der Waals surface area contributed by atoms with Gasteiger partial charge in [-0.3, -0.25) is 9.69 Å². The van der Waals surface area contributed by atoms with Gasteiger partial charge in [-0.2, -0.15) is 9.97 Å². The second-order valence-corrected chi connectivity index (χ2v) is 10.7. The number of nitrogen functional groups attached to an aromatic ring is 1. The summed E-state index contributed by atoms with van der Waals surface area (Å²) in [6, 6.07) is -0.0168. The van der Waals surface area contributed by atoms with Crippen LogP contribution in [-0.4, -0.2) is 80.5 Å². The van der Waals surface area contributed by atoms with Crippen LogP contribution >= 0.6 is 0 Å². The maximum atomic E-state index is 12.3. The first-order valence-corrected chi connectivity index (χ1v) is 13.3. The van der Waals surface area contributed by atoms with E-state index in [1.165, 1.54) is 18.4 Å². The molecule has 3 rings (SSSR count). The molecule has 0 aromatic carbocycles. The van der Waals surface area contributed by atoms with Crippen molar-refractivity contribution < 1.29 is 17.9 Å². The Hall–Kier alpha value is -2.66. The topological polar surface area (TPSA) is 131 Å². The highest BCUT2D eigenvalue weighted by Crippen LogP contribution is 2.34. The molecule has 3 heterocycles. The fourth-order valence-electron chi connectivity index (χ4n) is 3.89. The highest BCUT2D eigenvalue weighted by molar-refractivity contribution is 7.90. The number of carbonyl (C=O) groups is 1. The van der Waals surface area contributed by atoms with Crippen molar-refractivity contribution >= 4 is 33.1 Å². The van der Waals surface area contributed by atoms with Crippen molar-refractivity contribution in [3.8, 4) is 6.01 Å². The van der Waals surface area contributed by atoms with Crippen molar-refractivity contribution in [3.63, 3.8) is 0 Å². The molecule has 1 aromatic rings. The molecule has 1 aromatic heterocycles. The lowest BCUT2D eigenvalue weighted by Crippen LogP contribution is -2.40. The first-order valence-electron chi connectivity index (χ1n) is 11.3. The fourth-order valence-corrected chi connectivity index (χ4v) is 4.28. The fraction of sp³-hybridized carbons (Fsp3) is 0.591. The minimum atomic E-state index is -3.18. The Kier molecular flexibility index (Phi) is 8.30. The van der Waals surface area contributed by atoms with Crippen molar-refractivity contribution in [1.29, 1.82) is 0 Å². The van der Waals surface area contributed by atoms with Gasteiger partial charge in [0.25, 0.3) is 0 Å². The van der Waals surface area contributed by atoms with Crippen LogP contribution < -0.4 is 20.7 Å². The van der Waals surface area contributed by atoms with Crippen LogP contribution in [0.5, 0.6) is 6.01 Å². The van der Waals surface area contributed by atoms with Gasteiger partial charge in [-0.1, -0.05) is 24.6 Å². The molecular weight excluding hydrogens is 444 g/mol. The highest BCUT2D eigenvalue weighted by atomic mass is 32.2. The molecule has 3 N–H and O–H groups in total. The number of ether oxygens (including phenoxy) is 1. The summed E-state index contributed by atoms with van der Waals surface area (Å²) >= 11 is 0. The lowest BCUT2D eigenvalue weighted by Gasteiger charge is -2.30. The van der Waals surface area contributed by atoms with Crippen LogP contribution in [0.1, 0.15) is 33.1 Å². The number of hydrogen-bond donors (Lipinski definition) is 2. The number of allylic oxidation sites excluding steroid dienone is 1. The van der Waals surface area contributed by atoms with E-state index in [1.54, 1.807) is 0 Å². The first-order chi connectivity index (χ1) is 15.7. The molecule has 182 valence electrons. The van der Waals surface area contributed by atoms with Crippen molar-refractivity contribution in [2.45, 2.75) is 33.1 Å². The van der Waals surface area contributed by atoms with Crippen LogP contribution in [0, 0.1) is 0 Å². The van der Waals surface area contributed by atoms with E-state index in [1.807, 2.05) is 17.9 Å². The number of likely N-dealkylation sites (tertiary alicyclic amines) is 1. The minimum absolute atomic E-state index is 0.0168. The van der Waals surface area contributed by atoms with Crippen molar-refractivity contribution in [2.75, 3.05) is 67.3 Å². The SMILES string of the molecule is CC=C(C=C(CC)CN1CCCC1)CN1CC(=O)Nc2c(N)nc(OCCS(C)(=O)=O)nc21. The van der Waals surface area contributed by atoms with Crippen molar-refractivity contribution in [3.05, 3.63) is 23.3 Å². The van der Waals surface area contributed by atoms with Gasteiger partial charge in [-0.15, -0.1) is 0 Å². The zero-order valence-electron chi connectivity index (χ0n) is 19.6. The van der Waals surface area contributed by atoms with Gasteiger partial charge in [-0.05, 0) is 44.8 Å². The lowest BCUT2D eigenvalue weighted by atomic mass is 10.1. The van der Waals surface area contributed by atoms with Gasteiger partial charge in [0.05, 0.1) is 12.3 Å². The Bertz CT molecular complexity index is 1030. The van der Waals surface area contributed by atoms with E-state index in [0.29, 0.717) is 18.1 Å². The Labute approximate surface area is 195 Å². The monoisotopic (exact) mass is 478 g/mol.